The van der Waals surface area contributed by atoms with E-state index in [-0.39, 0.29) is 18.4 Å². The van der Waals surface area contributed by atoms with Crippen molar-refractivity contribution >= 4 is 11.9 Å². The largest absolute Gasteiger partial charge is 0.444 e. The molecule has 1 amide bonds. The second-order valence-corrected chi connectivity index (χ2v) is 5.23. The molecule has 1 rings (SSSR count). The van der Waals surface area contributed by atoms with Gasteiger partial charge in [0.25, 0.3) is 0 Å². The molecular formula is C12H21NO4. The average molecular weight is 243 g/mol. The molecule has 0 saturated carbocycles. The van der Waals surface area contributed by atoms with Gasteiger partial charge in [0.2, 0.25) is 0 Å². The highest BCUT2D eigenvalue weighted by atomic mass is 16.6. The Morgan fingerprint density at radius 2 is 2.00 bits per heavy atom. The second-order valence-electron chi connectivity index (χ2n) is 5.23. The molecule has 5 nitrogen and oxygen atoms in total. The van der Waals surface area contributed by atoms with Crippen LogP contribution in [-0.2, 0) is 14.3 Å². The van der Waals surface area contributed by atoms with Crippen LogP contribution < -0.4 is 0 Å². The van der Waals surface area contributed by atoms with E-state index in [2.05, 4.69) is 0 Å². The number of carbonyl (C=O) groups is 2. The third-order valence-electron chi connectivity index (χ3n) is 2.54. The summed E-state index contributed by atoms with van der Waals surface area (Å²) in [6.45, 7) is 6.06. The van der Waals surface area contributed by atoms with Gasteiger partial charge in [-0.25, -0.2) is 4.79 Å². The highest BCUT2D eigenvalue weighted by molar-refractivity contribution is 5.88. The molecule has 1 aliphatic rings. The average Bonchev–Trinajstić information content (AvgIpc) is 2.63. The summed E-state index contributed by atoms with van der Waals surface area (Å²) in [5.41, 5.74) is -0.533. The molecule has 0 aromatic carbocycles. The Bertz CT molecular complexity index is 295. The van der Waals surface area contributed by atoms with Gasteiger partial charge in [0.15, 0.2) is 5.78 Å². The Balaban J connectivity index is 2.63. The fourth-order valence-electron chi connectivity index (χ4n) is 1.88. The molecule has 5 heteroatoms. The monoisotopic (exact) mass is 243 g/mol. The molecule has 17 heavy (non-hydrogen) atoms. The van der Waals surface area contributed by atoms with Crippen LogP contribution in [0, 0.1) is 0 Å². The number of ketones is 1. The molecule has 0 aromatic rings. The van der Waals surface area contributed by atoms with Gasteiger partial charge in [-0.3, -0.25) is 9.69 Å². The van der Waals surface area contributed by atoms with Crippen molar-refractivity contribution in [2.24, 2.45) is 0 Å². The summed E-state index contributed by atoms with van der Waals surface area (Å²) in [6, 6.07) is -0.384. The zero-order chi connectivity index (χ0) is 13.1. The van der Waals surface area contributed by atoms with Crippen molar-refractivity contribution in [3.05, 3.63) is 0 Å². The summed E-state index contributed by atoms with van der Waals surface area (Å²) in [5, 5.41) is 0. The van der Waals surface area contributed by atoms with Gasteiger partial charge in [0.05, 0.1) is 6.04 Å². The molecule has 0 unspecified atom stereocenters. The summed E-state index contributed by atoms with van der Waals surface area (Å²) in [7, 11) is 1.48. The molecule has 0 bridgehead atoms. The van der Waals surface area contributed by atoms with Crippen molar-refractivity contribution < 1.29 is 19.1 Å². The molecule has 0 spiro atoms. The Morgan fingerprint density at radius 3 is 2.53 bits per heavy atom. The maximum atomic E-state index is 11.9. The van der Waals surface area contributed by atoms with Gasteiger partial charge < -0.3 is 9.47 Å². The Labute approximate surface area is 102 Å². The lowest BCUT2D eigenvalue weighted by molar-refractivity contribution is -0.127. The van der Waals surface area contributed by atoms with E-state index in [0.29, 0.717) is 13.0 Å². The molecule has 0 radical (unpaired) electrons. The van der Waals surface area contributed by atoms with Gasteiger partial charge in [-0.15, -0.1) is 0 Å². The topological polar surface area (TPSA) is 55.8 Å². The van der Waals surface area contributed by atoms with Crippen LogP contribution in [-0.4, -0.2) is 48.7 Å². The van der Waals surface area contributed by atoms with Gasteiger partial charge >= 0.3 is 6.09 Å². The van der Waals surface area contributed by atoms with Crippen molar-refractivity contribution in [3.63, 3.8) is 0 Å². The van der Waals surface area contributed by atoms with Crippen LogP contribution >= 0.6 is 0 Å². The number of amides is 1. The van der Waals surface area contributed by atoms with Crippen molar-refractivity contribution in [3.8, 4) is 0 Å². The summed E-state index contributed by atoms with van der Waals surface area (Å²) in [6.07, 6.45) is 1.12. The number of hydrogen-bond acceptors (Lipinski definition) is 4. The van der Waals surface area contributed by atoms with E-state index in [1.165, 1.54) is 12.0 Å². The van der Waals surface area contributed by atoms with Crippen molar-refractivity contribution in [2.75, 3.05) is 20.3 Å². The lowest BCUT2D eigenvalue weighted by Gasteiger charge is -2.27. The molecule has 98 valence electrons. The van der Waals surface area contributed by atoms with Gasteiger partial charge in [-0.2, -0.15) is 0 Å². The smallest absolute Gasteiger partial charge is 0.410 e. The molecule has 0 N–H and O–H groups in total. The minimum Gasteiger partial charge on any atom is -0.444 e. The quantitative estimate of drug-likeness (QED) is 0.755. The molecule has 1 saturated heterocycles. The van der Waals surface area contributed by atoms with E-state index >= 15 is 0 Å². The summed E-state index contributed by atoms with van der Waals surface area (Å²) >= 11 is 0. The third kappa shape index (κ3) is 4.00. The van der Waals surface area contributed by atoms with Crippen LogP contribution in [0.1, 0.15) is 33.6 Å². The lowest BCUT2D eigenvalue weighted by Crippen LogP contribution is -2.44. The predicted molar refractivity (Wildman–Crippen MR) is 62.8 cm³/mol. The van der Waals surface area contributed by atoms with Gasteiger partial charge in [-0.1, -0.05) is 0 Å². The molecule has 0 aliphatic carbocycles. The molecular weight excluding hydrogens is 222 g/mol. The van der Waals surface area contributed by atoms with Crippen LogP contribution in [0.25, 0.3) is 0 Å². The van der Waals surface area contributed by atoms with Crippen molar-refractivity contribution in [1.82, 2.24) is 4.90 Å². The van der Waals surface area contributed by atoms with E-state index in [4.69, 9.17) is 9.47 Å². The third-order valence-corrected chi connectivity index (χ3v) is 2.54. The van der Waals surface area contributed by atoms with Crippen LogP contribution in [0.2, 0.25) is 0 Å². The first kappa shape index (κ1) is 14.0. The number of nitrogens with zero attached hydrogens (tertiary/aromatic N) is 1. The highest BCUT2D eigenvalue weighted by Gasteiger charge is 2.36. The molecule has 1 aliphatic heterocycles. The van der Waals surface area contributed by atoms with Crippen molar-refractivity contribution in [2.45, 2.75) is 45.3 Å². The number of methoxy groups -OCH3 is 1. The Morgan fingerprint density at radius 1 is 1.35 bits per heavy atom. The zero-order valence-corrected chi connectivity index (χ0v) is 11.0. The van der Waals surface area contributed by atoms with Crippen LogP contribution in [0.4, 0.5) is 4.79 Å². The number of hydrogen-bond donors (Lipinski definition) is 0. The maximum Gasteiger partial charge on any atom is 0.410 e. The first-order valence-corrected chi connectivity index (χ1v) is 5.86. The first-order chi connectivity index (χ1) is 7.85. The van der Waals surface area contributed by atoms with E-state index in [0.717, 1.165) is 6.42 Å². The zero-order valence-electron chi connectivity index (χ0n) is 11.0. The van der Waals surface area contributed by atoms with E-state index < -0.39 is 11.7 Å². The Kier molecular flexibility index (Phi) is 4.51. The number of carbonyl (C=O) groups excluding carboxylic acids is 2. The number of ether oxygens (including phenoxy) is 2. The van der Waals surface area contributed by atoms with Crippen LogP contribution in [0.15, 0.2) is 0 Å². The van der Waals surface area contributed by atoms with Gasteiger partial charge in [0, 0.05) is 13.7 Å². The maximum absolute atomic E-state index is 11.9. The molecule has 1 fully saturated rings. The van der Waals surface area contributed by atoms with Gasteiger partial charge in [-0.05, 0) is 33.6 Å². The minimum atomic E-state index is -0.533. The fourth-order valence-corrected chi connectivity index (χ4v) is 1.88. The molecule has 1 heterocycles. The summed E-state index contributed by atoms with van der Waals surface area (Å²) in [5.74, 6) is -0.0594. The number of likely N-dealkylation sites (tertiary alicyclic amines) is 1. The van der Waals surface area contributed by atoms with E-state index in [1.807, 2.05) is 20.8 Å². The first-order valence-electron chi connectivity index (χ1n) is 5.86. The fraction of sp³-hybridized carbons (Fsp3) is 0.833. The van der Waals surface area contributed by atoms with Crippen LogP contribution in [0.3, 0.4) is 0 Å². The summed E-state index contributed by atoms with van der Waals surface area (Å²) < 4.78 is 10.1. The highest BCUT2D eigenvalue weighted by Crippen LogP contribution is 2.21. The second kappa shape index (κ2) is 5.49. The number of Topliss-reactive ketones (excluding diaryl/α,β-unsaturated/α-hetero) is 1. The normalized spacial score (nSPS) is 20.5. The lowest BCUT2D eigenvalue weighted by atomic mass is 10.1. The van der Waals surface area contributed by atoms with Gasteiger partial charge in [0.1, 0.15) is 12.2 Å². The summed E-state index contributed by atoms with van der Waals surface area (Å²) in [4.78, 5) is 25.1. The van der Waals surface area contributed by atoms with Crippen molar-refractivity contribution in [1.29, 1.82) is 0 Å². The number of rotatable bonds is 3. The standard InChI is InChI=1S/C12H21NO4/c1-12(2,3)17-11(15)13-7-5-6-9(13)10(14)8-16-4/h9H,5-8H2,1-4H3/t9-/m0/s1. The van der Waals surface area contributed by atoms with E-state index in [9.17, 15) is 9.59 Å². The molecule has 1 atom stereocenters. The predicted octanol–water partition coefficient (Wildman–Crippen LogP) is 1.60. The Hall–Kier alpha value is -1.10. The molecule has 0 aromatic heterocycles. The van der Waals surface area contributed by atoms with Crippen LogP contribution in [0.5, 0.6) is 0 Å². The van der Waals surface area contributed by atoms with E-state index in [1.54, 1.807) is 0 Å². The SMILES string of the molecule is COCC(=O)[C@@H]1CCCN1C(=O)OC(C)(C)C. The minimum absolute atomic E-state index is 0.0456.